The molecule has 0 unspecified atom stereocenters. The van der Waals surface area contributed by atoms with Crippen LogP contribution in [0.2, 0.25) is 0 Å². The molecule has 0 saturated carbocycles. The van der Waals surface area contributed by atoms with E-state index in [9.17, 15) is 15.2 Å². The summed E-state index contributed by atoms with van der Waals surface area (Å²) in [7, 11) is 1.42. The molecule has 2 aromatic rings. The molecular weight excluding hydrogens is 360 g/mol. The first-order valence-electron chi connectivity index (χ1n) is 6.59. The maximum Gasteiger partial charge on any atom is 0.266 e. The van der Waals surface area contributed by atoms with Crippen molar-refractivity contribution in [2.75, 3.05) is 12.4 Å². The van der Waals surface area contributed by atoms with Crippen molar-refractivity contribution in [1.29, 1.82) is 5.26 Å². The molecular formula is C17H13BrN2O3. The normalized spacial score (nSPS) is 10.7. The Morgan fingerprint density at radius 2 is 2.00 bits per heavy atom. The number of amides is 1. The van der Waals surface area contributed by atoms with Gasteiger partial charge in [-0.2, -0.15) is 5.26 Å². The topological polar surface area (TPSA) is 82.3 Å². The minimum absolute atomic E-state index is 0.0116. The van der Waals surface area contributed by atoms with Gasteiger partial charge in [0.2, 0.25) is 0 Å². The molecule has 2 aromatic carbocycles. The molecule has 2 rings (SSSR count). The third kappa shape index (κ3) is 4.34. The Labute approximate surface area is 142 Å². The molecule has 0 atom stereocenters. The van der Waals surface area contributed by atoms with Crippen molar-refractivity contribution in [1.82, 2.24) is 0 Å². The zero-order chi connectivity index (χ0) is 16.8. The molecule has 0 bridgehead atoms. The minimum atomic E-state index is -0.512. The van der Waals surface area contributed by atoms with Gasteiger partial charge in [-0.15, -0.1) is 0 Å². The molecule has 116 valence electrons. The summed E-state index contributed by atoms with van der Waals surface area (Å²) in [6.07, 6.45) is 1.43. The van der Waals surface area contributed by atoms with Crippen molar-refractivity contribution >= 4 is 33.6 Å². The number of nitrogens with one attached hydrogen (secondary N) is 1. The second-order valence-electron chi connectivity index (χ2n) is 4.56. The Morgan fingerprint density at radius 3 is 2.61 bits per heavy atom. The first-order valence-corrected chi connectivity index (χ1v) is 7.38. The first-order chi connectivity index (χ1) is 11.0. The van der Waals surface area contributed by atoms with Crippen molar-refractivity contribution in [2.24, 2.45) is 0 Å². The number of nitrogens with zero attached hydrogens (tertiary/aromatic N) is 1. The molecule has 0 aliphatic rings. The van der Waals surface area contributed by atoms with Gasteiger partial charge in [-0.1, -0.05) is 22.0 Å². The standard InChI is InChI=1S/C17H13BrN2O3/c1-23-16-9-11(2-7-15(16)21)8-12(10-19)17(22)20-14-5-3-13(18)4-6-14/h2-9,21H,1H3,(H,20,22)/b12-8+. The van der Waals surface area contributed by atoms with Gasteiger partial charge in [-0.05, 0) is 48.0 Å². The molecule has 0 fully saturated rings. The monoisotopic (exact) mass is 372 g/mol. The Kier molecular flexibility index (Phi) is 5.39. The lowest BCUT2D eigenvalue weighted by Gasteiger charge is -2.06. The SMILES string of the molecule is COc1cc(/C=C(\C#N)C(=O)Nc2ccc(Br)cc2)ccc1O. The Balaban J connectivity index is 2.23. The summed E-state index contributed by atoms with van der Waals surface area (Å²) in [4.78, 5) is 12.2. The zero-order valence-electron chi connectivity index (χ0n) is 12.2. The van der Waals surface area contributed by atoms with Crippen molar-refractivity contribution in [3.63, 3.8) is 0 Å². The van der Waals surface area contributed by atoms with Crippen molar-refractivity contribution in [3.8, 4) is 17.6 Å². The number of hydrogen-bond donors (Lipinski definition) is 2. The van der Waals surface area contributed by atoms with Crippen LogP contribution in [0.25, 0.3) is 6.08 Å². The van der Waals surface area contributed by atoms with Crippen molar-refractivity contribution < 1.29 is 14.6 Å². The number of ether oxygens (including phenoxy) is 1. The van der Waals surface area contributed by atoms with Crippen LogP contribution >= 0.6 is 15.9 Å². The Bertz CT molecular complexity index is 792. The van der Waals surface area contributed by atoms with E-state index in [0.717, 1.165) is 4.47 Å². The van der Waals surface area contributed by atoms with Gasteiger partial charge in [0, 0.05) is 10.2 Å². The second kappa shape index (κ2) is 7.47. The van der Waals surface area contributed by atoms with Gasteiger partial charge in [0.1, 0.15) is 11.6 Å². The lowest BCUT2D eigenvalue weighted by molar-refractivity contribution is -0.112. The summed E-state index contributed by atoms with van der Waals surface area (Å²) in [6, 6.07) is 13.5. The van der Waals surface area contributed by atoms with Gasteiger partial charge < -0.3 is 15.2 Å². The highest BCUT2D eigenvalue weighted by molar-refractivity contribution is 9.10. The predicted octanol–water partition coefficient (Wildman–Crippen LogP) is 3.71. The number of nitriles is 1. The van der Waals surface area contributed by atoms with Crippen LogP contribution in [0.3, 0.4) is 0 Å². The fraction of sp³-hybridized carbons (Fsp3) is 0.0588. The lowest BCUT2D eigenvalue weighted by Crippen LogP contribution is -2.13. The van der Waals surface area contributed by atoms with E-state index in [2.05, 4.69) is 21.2 Å². The van der Waals surface area contributed by atoms with Gasteiger partial charge in [0.25, 0.3) is 5.91 Å². The number of carbonyl (C=O) groups is 1. The number of halogens is 1. The molecule has 1 amide bonds. The fourth-order valence-corrected chi connectivity index (χ4v) is 2.10. The van der Waals surface area contributed by atoms with Crippen LogP contribution in [0.15, 0.2) is 52.5 Å². The van der Waals surface area contributed by atoms with E-state index in [-0.39, 0.29) is 17.1 Å². The van der Waals surface area contributed by atoms with Crippen molar-refractivity contribution in [2.45, 2.75) is 0 Å². The quantitative estimate of drug-likeness (QED) is 0.632. The molecule has 6 heteroatoms. The predicted molar refractivity (Wildman–Crippen MR) is 91.0 cm³/mol. The minimum Gasteiger partial charge on any atom is -0.504 e. The molecule has 0 aliphatic carbocycles. The van der Waals surface area contributed by atoms with E-state index < -0.39 is 5.91 Å². The summed E-state index contributed by atoms with van der Waals surface area (Å²) >= 11 is 3.31. The molecule has 0 heterocycles. The smallest absolute Gasteiger partial charge is 0.266 e. The van der Waals surface area contributed by atoms with Crippen LogP contribution in [0, 0.1) is 11.3 Å². The summed E-state index contributed by atoms with van der Waals surface area (Å²) in [5, 5.41) is 21.4. The van der Waals surface area contributed by atoms with Gasteiger partial charge >= 0.3 is 0 Å². The molecule has 0 aromatic heterocycles. The van der Waals surface area contributed by atoms with Crippen LogP contribution in [-0.4, -0.2) is 18.1 Å². The van der Waals surface area contributed by atoms with E-state index in [1.54, 1.807) is 36.4 Å². The van der Waals surface area contributed by atoms with E-state index in [4.69, 9.17) is 4.74 Å². The van der Waals surface area contributed by atoms with E-state index in [1.807, 2.05) is 6.07 Å². The van der Waals surface area contributed by atoms with Crippen LogP contribution < -0.4 is 10.1 Å². The third-order valence-corrected chi connectivity index (χ3v) is 3.51. The molecule has 2 N–H and O–H groups in total. The third-order valence-electron chi connectivity index (χ3n) is 2.98. The van der Waals surface area contributed by atoms with Gasteiger partial charge in [-0.3, -0.25) is 4.79 Å². The molecule has 23 heavy (non-hydrogen) atoms. The fourth-order valence-electron chi connectivity index (χ4n) is 1.83. The van der Waals surface area contributed by atoms with Crippen LogP contribution in [0.1, 0.15) is 5.56 Å². The number of rotatable bonds is 4. The maximum absolute atomic E-state index is 12.2. The molecule has 0 spiro atoms. The number of carbonyl (C=O) groups excluding carboxylic acids is 1. The zero-order valence-corrected chi connectivity index (χ0v) is 13.8. The number of phenolic OH excluding ortho intramolecular Hbond substituents is 1. The second-order valence-corrected chi connectivity index (χ2v) is 5.48. The maximum atomic E-state index is 12.2. The first kappa shape index (κ1) is 16.6. The Hall–Kier alpha value is -2.78. The van der Waals surface area contributed by atoms with Gasteiger partial charge in [-0.25, -0.2) is 0 Å². The molecule has 0 saturated heterocycles. The number of anilines is 1. The van der Waals surface area contributed by atoms with Crippen LogP contribution in [-0.2, 0) is 4.79 Å². The Morgan fingerprint density at radius 1 is 1.30 bits per heavy atom. The highest BCUT2D eigenvalue weighted by atomic mass is 79.9. The number of aromatic hydroxyl groups is 1. The summed E-state index contributed by atoms with van der Waals surface area (Å²) < 4.78 is 5.89. The van der Waals surface area contributed by atoms with Crippen LogP contribution in [0.5, 0.6) is 11.5 Å². The van der Waals surface area contributed by atoms with E-state index in [1.165, 1.54) is 19.3 Å². The molecule has 0 radical (unpaired) electrons. The van der Waals surface area contributed by atoms with Crippen LogP contribution in [0.4, 0.5) is 5.69 Å². The van der Waals surface area contributed by atoms with E-state index >= 15 is 0 Å². The highest BCUT2D eigenvalue weighted by Gasteiger charge is 2.10. The number of hydrogen-bond acceptors (Lipinski definition) is 4. The summed E-state index contributed by atoms with van der Waals surface area (Å²) in [5.74, 6) is -0.256. The highest BCUT2D eigenvalue weighted by Crippen LogP contribution is 2.27. The van der Waals surface area contributed by atoms with Gasteiger partial charge in [0.15, 0.2) is 11.5 Å². The molecule has 0 aliphatic heterocycles. The summed E-state index contributed by atoms with van der Waals surface area (Å²) in [5.41, 5.74) is 1.10. The lowest BCUT2D eigenvalue weighted by atomic mass is 10.1. The molecule has 5 nitrogen and oxygen atoms in total. The average Bonchev–Trinajstić information content (AvgIpc) is 2.56. The number of methoxy groups -OCH3 is 1. The van der Waals surface area contributed by atoms with E-state index in [0.29, 0.717) is 11.3 Å². The summed E-state index contributed by atoms with van der Waals surface area (Å²) in [6.45, 7) is 0. The van der Waals surface area contributed by atoms with Crippen molar-refractivity contribution in [3.05, 3.63) is 58.1 Å². The number of benzene rings is 2. The average molecular weight is 373 g/mol. The number of phenols is 1. The largest absolute Gasteiger partial charge is 0.504 e. The van der Waals surface area contributed by atoms with Gasteiger partial charge in [0.05, 0.1) is 7.11 Å².